The molecule has 0 bridgehead atoms. The second-order valence-electron chi connectivity index (χ2n) is 6.11. The van der Waals surface area contributed by atoms with Gasteiger partial charge in [0.05, 0.1) is 6.42 Å². The number of likely N-dealkylation sites (N-methyl/N-ethyl adjacent to an activating group) is 1. The lowest BCUT2D eigenvalue weighted by molar-refractivity contribution is -0.119. The summed E-state index contributed by atoms with van der Waals surface area (Å²) in [5.74, 6) is 0.438. The first-order chi connectivity index (χ1) is 11.3. The smallest absolute Gasteiger partial charge is 0.224 e. The van der Waals surface area contributed by atoms with Crippen molar-refractivity contribution in [3.05, 3.63) is 62.6 Å². The van der Waals surface area contributed by atoms with Crippen LogP contribution in [0.5, 0.6) is 5.75 Å². The molecular weight excluding hydrogens is 345 g/mol. The van der Waals surface area contributed by atoms with Crippen LogP contribution in [-0.4, -0.2) is 18.1 Å². The standard InChI is InChI=1S/C19H21Cl2NO2/c1-11(2)14-6-12(4-5-18(14)23)7-15-16(20)8-13(9-17(15)21)10-19(24)22-3/h4-6,8-9,11,23H,7,10H2,1-3H3,(H,22,24). The summed E-state index contributed by atoms with van der Waals surface area (Å²) in [6.45, 7) is 4.07. The first kappa shape index (κ1) is 18.6. The van der Waals surface area contributed by atoms with Gasteiger partial charge in [-0.05, 0) is 46.4 Å². The van der Waals surface area contributed by atoms with Crippen molar-refractivity contribution >= 4 is 29.1 Å². The van der Waals surface area contributed by atoms with Gasteiger partial charge in [0.15, 0.2) is 0 Å². The van der Waals surface area contributed by atoms with E-state index in [9.17, 15) is 9.90 Å². The Kier molecular flexibility index (Phi) is 6.14. The van der Waals surface area contributed by atoms with Gasteiger partial charge in [0.1, 0.15) is 5.75 Å². The van der Waals surface area contributed by atoms with Gasteiger partial charge in [-0.1, -0.05) is 49.2 Å². The second-order valence-corrected chi connectivity index (χ2v) is 6.93. The summed E-state index contributed by atoms with van der Waals surface area (Å²) in [5, 5.41) is 13.6. The van der Waals surface area contributed by atoms with Crippen molar-refractivity contribution in [2.75, 3.05) is 7.05 Å². The lowest BCUT2D eigenvalue weighted by Crippen LogP contribution is -2.19. The Morgan fingerprint density at radius 1 is 1.12 bits per heavy atom. The fraction of sp³-hybridized carbons (Fsp3) is 0.316. The average molecular weight is 366 g/mol. The molecule has 0 spiro atoms. The van der Waals surface area contributed by atoms with Gasteiger partial charge in [-0.15, -0.1) is 0 Å². The van der Waals surface area contributed by atoms with Gasteiger partial charge in [0, 0.05) is 23.5 Å². The summed E-state index contributed by atoms with van der Waals surface area (Å²) in [6.07, 6.45) is 0.810. The number of carbonyl (C=O) groups is 1. The lowest BCUT2D eigenvalue weighted by atomic mass is 9.96. The van der Waals surface area contributed by atoms with Crippen molar-refractivity contribution in [2.24, 2.45) is 0 Å². The van der Waals surface area contributed by atoms with Crippen LogP contribution in [0.3, 0.4) is 0 Å². The predicted molar refractivity (Wildman–Crippen MR) is 99.2 cm³/mol. The SMILES string of the molecule is CNC(=O)Cc1cc(Cl)c(Cc2ccc(O)c(C(C)C)c2)c(Cl)c1. The molecule has 0 aliphatic rings. The summed E-state index contributed by atoms with van der Waals surface area (Å²) < 4.78 is 0. The van der Waals surface area contributed by atoms with E-state index in [-0.39, 0.29) is 18.2 Å². The number of aromatic hydroxyl groups is 1. The van der Waals surface area contributed by atoms with Crippen molar-refractivity contribution < 1.29 is 9.90 Å². The Labute approximate surface area is 152 Å². The molecule has 0 aliphatic heterocycles. The number of halogens is 2. The van der Waals surface area contributed by atoms with E-state index < -0.39 is 0 Å². The molecular formula is C19H21Cl2NO2. The van der Waals surface area contributed by atoms with Crippen LogP contribution in [0.15, 0.2) is 30.3 Å². The number of benzene rings is 2. The first-order valence-electron chi connectivity index (χ1n) is 7.81. The van der Waals surface area contributed by atoms with Crippen LogP contribution in [0.4, 0.5) is 0 Å². The van der Waals surface area contributed by atoms with Crippen LogP contribution in [0.25, 0.3) is 0 Å². The third kappa shape index (κ3) is 4.43. The van der Waals surface area contributed by atoms with Gasteiger partial charge < -0.3 is 10.4 Å². The molecule has 3 nitrogen and oxygen atoms in total. The van der Waals surface area contributed by atoms with Crippen LogP contribution >= 0.6 is 23.2 Å². The maximum Gasteiger partial charge on any atom is 0.224 e. The highest BCUT2D eigenvalue weighted by Gasteiger charge is 2.13. The van der Waals surface area contributed by atoms with E-state index in [0.29, 0.717) is 22.2 Å². The van der Waals surface area contributed by atoms with E-state index in [0.717, 1.165) is 22.3 Å². The first-order valence-corrected chi connectivity index (χ1v) is 8.56. The van der Waals surface area contributed by atoms with Crippen molar-refractivity contribution in [1.29, 1.82) is 0 Å². The molecule has 0 aliphatic carbocycles. The van der Waals surface area contributed by atoms with Crippen LogP contribution in [0.2, 0.25) is 10.0 Å². The summed E-state index contributed by atoms with van der Waals surface area (Å²) in [4.78, 5) is 11.5. The number of phenolic OH excluding ortho intramolecular Hbond substituents is 1. The summed E-state index contributed by atoms with van der Waals surface area (Å²) in [7, 11) is 1.59. The molecule has 2 rings (SSSR count). The van der Waals surface area contributed by atoms with Crippen molar-refractivity contribution in [2.45, 2.75) is 32.6 Å². The molecule has 2 N–H and O–H groups in total. The molecule has 1 amide bonds. The monoisotopic (exact) mass is 365 g/mol. The molecule has 0 unspecified atom stereocenters. The molecule has 0 heterocycles. The van der Waals surface area contributed by atoms with E-state index in [1.165, 1.54) is 0 Å². The van der Waals surface area contributed by atoms with Crippen LogP contribution < -0.4 is 5.32 Å². The van der Waals surface area contributed by atoms with E-state index in [2.05, 4.69) is 5.32 Å². The van der Waals surface area contributed by atoms with Gasteiger partial charge in [0.25, 0.3) is 0 Å². The average Bonchev–Trinajstić information content (AvgIpc) is 2.52. The molecule has 0 atom stereocenters. The highest BCUT2D eigenvalue weighted by Crippen LogP contribution is 2.32. The highest BCUT2D eigenvalue weighted by molar-refractivity contribution is 6.36. The Hall–Kier alpha value is -1.71. The number of carbonyl (C=O) groups excluding carboxylic acids is 1. The normalized spacial score (nSPS) is 10.9. The molecule has 128 valence electrons. The Balaban J connectivity index is 2.30. The zero-order chi connectivity index (χ0) is 17.9. The third-order valence-electron chi connectivity index (χ3n) is 3.94. The second kappa shape index (κ2) is 7.91. The number of phenols is 1. The Morgan fingerprint density at radius 2 is 1.75 bits per heavy atom. The third-order valence-corrected chi connectivity index (χ3v) is 4.61. The molecule has 24 heavy (non-hydrogen) atoms. The minimum absolute atomic E-state index is 0.0880. The summed E-state index contributed by atoms with van der Waals surface area (Å²) in [5.41, 5.74) is 3.52. The van der Waals surface area contributed by atoms with E-state index >= 15 is 0 Å². The fourth-order valence-electron chi connectivity index (χ4n) is 2.58. The zero-order valence-electron chi connectivity index (χ0n) is 14.0. The minimum atomic E-state index is -0.0880. The predicted octanol–water partition coefficient (Wildman–Crippen LogP) is 4.70. The van der Waals surface area contributed by atoms with E-state index in [1.807, 2.05) is 26.0 Å². The highest BCUT2D eigenvalue weighted by atomic mass is 35.5. The van der Waals surface area contributed by atoms with Crippen LogP contribution in [-0.2, 0) is 17.6 Å². The maximum atomic E-state index is 11.5. The molecule has 0 fully saturated rings. The molecule has 5 heteroatoms. The Morgan fingerprint density at radius 3 is 2.29 bits per heavy atom. The lowest BCUT2D eigenvalue weighted by Gasteiger charge is -2.13. The van der Waals surface area contributed by atoms with E-state index in [4.69, 9.17) is 23.2 Å². The van der Waals surface area contributed by atoms with Crippen LogP contribution in [0.1, 0.15) is 42.0 Å². The number of hydrogen-bond acceptors (Lipinski definition) is 2. The largest absolute Gasteiger partial charge is 0.508 e. The molecule has 0 saturated carbocycles. The molecule has 2 aromatic carbocycles. The van der Waals surface area contributed by atoms with Gasteiger partial charge >= 0.3 is 0 Å². The van der Waals surface area contributed by atoms with Crippen molar-refractivity contribution in [3.8, 4) is 5.75 Å². The molecule has 0 saturated heterocycles. The Bertz CT molecular complexity index is 734. The summed E-state index contributed by atoms with van der Waals surface area (Å²) >= 11 is 12.8. The van der Waals surface area contributed by atoms with Crippen molar-refractivity contribution in [1.82, 2.24) is 5.32 Å². The number of hydrogen-bond donors (Lipinski definition) is 2. The summed E-state index contributed by atoms with van der Waals surface area (Å²) in [6, 6.07) is 9.10. The molecule has 0 aromatic heterocycles. The maximum absolute atomic E-state index is 11.5. The van der Waals surface area contributed by atoms with Crippen molar-refractivity contribution in [3.63, 3.8) is 0 Å². The topological polar surface area (TPSA) is 49.3 Å². The van der Waals surface area contributed by atoms with E-state index in [1.54, 1.807) is 25.2 Å². The molecule has 0 radical (unpaired) electrons. The number of amides is 1. The van der Waals surface area contributed by atoms with Crippen LogP contribution in [0, 0.1) is 0 Å². The molecule has 2 aromatic rings. The number of nitrogens with one attached hydrogen (secondary N) is 1. The van der Waals surface area contributed by atoms with Gasteiger partial charge in [-0.3, -0.25) is 4.79 Å². The zero-order valence-corrected chi connectivity index (χ0v) is 15.5. The quantitative estimate of drug-likeness (QED) is 0.806. The van der Waals surface area contributed by atoms with Gasteiger partial charge in [0.2, 0.25) is 5.91 Å². The number of rotatable bonds is 5. The minimum Gasteiger partial charge on any atom is -0.508 e. The fourth-order valence-corrected chi connectivity index (χ4v) is 3.25. The van der Waals surface area contributed by atoms with Gasteiger partial charge in [-0.2, -0.15) is 0 Å². The van der Waals surface area contributed by atoms with Gasteiger partial charge in [-0.25, -0.2) is 0 Å².